The lowest BCUT2D eigenvalue weighted by Gasteiger charge is -2.21. The molecule has 18 heavy (non-hydrogen) atoms. The van der Waals surface area contributed by atoms with Crippen molar-refractivity contribution in [2.24, 2.45) is 5.92 Å². The van der Waals surface area contributed by atoms with Gasteiger partial charge in [-0.2, -0.15) is 0 Å². The second kappa shape index (κ2) is 6.39. The van der Waals surface area contributed by atoms with Crippen molar-refractivity contribution in [3.05, 3.63) is 54.6 Å². The summed E-state index contributed by atoms with van der Waals surface area (Å²) in [7, 11) is 0. The normalized spacial score (nSPS) is 14.3. The highest BCUT2D eigenvalue weighted by Crippen LogP contribution is 2.22. The van der Waals surface area contributed by atoms with E-state index in [2.05, 4.69) is 66.3 Å². The van der Waals surface area contributed by atoms with Crippen molar-refractivity contribution < 1.29 is 4.57 Å². The Labute approximate surface area is 110 Å². The zero-order valence-corrected chi connectivity index (χ0v) is 11.3. The van der Waals surface area contributed by atoms with Crippen molar-refractivity contribution in [2.75, 3.05) is 0 Å². The van der Waals surface area contributed by atoms with Gasteiger partial charge < -0.3 is 0 Å². The molecule has 0 aliphatic carbocycles. The van der Waals surface area contributed by atoms with Crippen LogP contribution < -0.4 is 4.57 Å². The SMILES string of the molecule is CCCC(Cc1ccccc1)C(C)[n+]1cc[nH]c1. The van der Waals surface area contributed by atoms with Gasteiger partial charge in [0.25, 0.3) is 0 Å². The minimum absolute atomic E-state index is 0.538. The monoisotopic (exact) mass is 243 g/mol. The Morgan fingerprint density at radius 3 is 2.61 bits per heavy atom. The average Bonchev–Trinajstić information content (AvgIpc) is 2.92. The minimum atomic E-state index is 0.538. The van der Waals surface area contributed by atoms with Crippen LogP contribution >= 0.6 is 0 Å². The molecule has 0 aliphatic rings. The first-order chi connectivity index (χ1) is 8.81. The number of imidazole rings is 1. The summed E-state index contributed by atoms with van der Waals surface area (Å²) in [6, 6.07) is 11.4. The van der Waals surface area contributed by atoms with Crippen LogP contribution in [-0.2, 0) is 6.42 Å². The summed E-state index contributed by atoms with van der Waals surface area (Å²) >= 11 is 0. The van der Waals surface area contributed by atoms with E-state index in [4.69, 9.17) is 0 Å². The Kier molecular flexibility index (Phi) is 4.57. The highest BCUT2D eigenvalue weighted by molar-refractivity contribution is 5.15. The summed E-state index contributed by atoms with van der Waals surface area (Å²) in [5.74, 6) is 0.693. The molecule has 1 heterocycles. The van der Waals surface area contributed by atoms with E-state index < -0.39 is 0 Å². The molecule has 96 valence electrons. The Hall–Kier alpha value is -1.57. The fourth-order valence-corrected chi connectivity index (χ4v) is 2.60. The molecule has 2 atom stereocenters. The second-order valence-electron chi connectivity index (χ2n) is 5.04. The maximum atomic E-state index is 3.13. The van der Waals surface area contributed by atoms with Crippen LogP contribution in [0.4, 0.5) is 0 Å². The third-order valence-electron chi connectivity index (χ3n) is 3.72. The molecule has 2 rings (SSSR count). The number of nitrogens with one attached hydrogen (secondary N) is 1. The number of H-pyrrole nitrogens is 1. The van der Waals surface area contributed by atoms with E-state index >= 15 is 0 Å². The number of hydrogen-bond acceptors (Lipinski definition) is 0. The Balaban J connectivity index is 2.08. The van der Waals surface area contributed by atoms with Gasteiger partial charge >= 0.3 is 0 Å². The van der Waals surface area contributed by atoms with Crippen molar-refractivity contribution in [1.82, 2.24) is 4.98 Å². The number of aromatic nitrogens is 2. The molecule has 2 heteroatoms. The molecule has 0 amide bonds. The van der Waals surface area contributed by atoms with Crippen molar-refractivity contribution in [1.29, 1.82) is 0 Å². The molecule has 0 radical (unpaired) electrons. The van der Waals surface area contributed by atoms with E-state index in [1.165, 1.54) is 18.4 Å². The zero-order valence-electron chi connectivity index (χ0n) is 11.3. The third-order valence-corrected chi connectivity index (χ3v) is 3.72. The van der Waals surface area contributed by atoms with E-state index in [0.29, 0.717) is 12.0 Å². The van der Waals surface area contributed by atoms with Gasteiger partial charge in [0.1, 0.15) is 18.4 Å². The van der Waals surface area contributed by atoms with E-state index in [-0.39, 0.29) is 0 Å². The molecule has 0 saturated heterocycles. The van der Waals surface area contributed by atoms with Crippen molar-refractivity contribution >= 4 is 0 Å². The molecule has 1 aromatic carbocycles. The number of nitrogens with zero attached hydrogens (tertiary/aromatic N) is 1. The number of aromatic amines is 1. The molecule has 2 aromatic rings. The molecule has 0 saturated carbocycles. The average molecular weight is 243 g/mol. The second-order valence-corrected chi connectivity index (χ2v) is 5.04. The molecule has 0 fully saturated rings. The molecular weight excluding hydrogens is 220 g/mol. The molecule has 1 aromatic heterocycles. The number of benzene rings is 1. The first-order valence-corrected chi connectivity index (χ1v) is 6.88. The van der Waals surface area contributed by atoms with E-state index in [1.54, 1.807) is 0 Å². The zero-order chi connectivity index (χ0) is 12.8. The Morgan fingerprint density at radius 1 is 1.22 bits per heavy atom. The smallest absolute Gasteiger partial charge is 0.241 e. The lowest BCUT2D eigenvalue weighted by Crippen LogP contribution is -2.40. The van der Waals surface area contributed by atoms with Crippen molar-refractivity contribution in [3.8, 4) is 0 Å². The van der Waals surface area contributed by atoms with Crippen LogP contribution in [0.1, 0.15) is 38.3 Å². The number of hydrogen-bond donors (Lipinski definition) is 1. The van der Waals surface area contributed by atoms with Crippen LogP contribution in [0.3, 0.4) is 0 Å². The first kappa shape index (κ1) is 12.9. The van der Waals surface area contributed by atoms with Crippen LogP contribution in [0.25, 0.3) is 0 Å². The summed E-state index contributed by atoms with van der Waals surface area (Å²) in [6.45, 7) is 4.59. The summed E-state index contributed by atoms with van der Waals surface area (Å²) in [5, 5.41) is 0. The van der Waals surface area contributed by atoms with Gasteiger partial charge in [0, 0.05) is 5.92 Å². The van der Waals surface area contributed by atoms with Crippen LogP contribution in [0.5, 0.6) is 0 Å². The van der Waals surface area contributed by atoms with Crippen LogP contribution in [-0.4, -0.2) is 4.98 Å². The summed E-state index contributed by atoms with van der Waals surface area (Å²) in [4.78, 5) is 3.13. The van der Waals surface area contributed by atoms with Gasteiger partial charge in [-0.15, -0.1) is 0 Å². The summed E-state index contributed by atoms with van der Waals surface area (Å²) < 4.78 is 2.28. The lowest BCUT2D eigenvalue weighted by atomic mass is 9.89. The quantitative estimate of drug-likeness (QED) is 0.749. The standard InChI is InChI=1S/C16H22N2/c1-3-7-16(12-15-8-5-4-6-9-15)14(2)18-11-10-17-13-18/h4-6,8-11,13-14,16H,3,7,12H2,1-2H3/p+1. The maximum absolute atomic E-state index is 3.13. The van der Waals surface area contributed by atoms with E-state index in [0.717, 1.165) is 6.42 Å². The minimum Gasteiger partial charge on any atom is -0.250 e. The maximum Gasteiger partial charge on any atom is 0.241 e. The highest BCUT2D eigenvalue weighted by atomic mass is 15.0. The van der Waals surface area contributed by atoms with Gasteiger partial charge in [0.2, 0.25) is 6.33 Å². The van der Waals surface area contributed by atoms with E-state index in [1.807, 2.05) is 6.20 Å². The molecular formula is C16H23N2+. The largest absolute Gasteiger partial charge is 0.250 e. The molecule has 2 unspecified atom stereocenters. The van der Waals surface area contributed by atoms with Gasteiger partial charge in [-0.25, -0.2) is 4.57 Å². The topological polar surface area (TPSA) is 19.7 Å². The molecule has 0 bridgehead atoms. The van der Waals surface area contributed by atoms with Crippen LogP contribution in [0.15, 0.2) is 49.1 Å². The Bertz CT molecular complexity index is 433. The predicted octanol–water partition coefficient (Wildman–Crippen LogP) is 3.52. The van der Waals surface area contributed by atoms with Crippen LogP contribution in [0.2, 0.25) is 0 Å². The summed E-state index contributed by atoms with van der Waals surface area (Å²) in [6.07, 6.45) is 9.84. The van der Waals surface area contributed by atoms with Crippen molar-refractivity contribution in [3.63, 3.8) is 0 Å². The fourth-order valence-electron chi connectivity index (χ4n) is 2.60. The molecule has 2 nitrogen and oxygen atoms in total. The molecule has 0 aliphatic heterocycles. The van der Waals surface area contributed by atoms with Gasteiger partial charge in [-0.3, -0.25) is 4.98 Å². The molecule has 1 N–H and O–H groups in total. The lowest BCUT2D eigenvalue weighted by molar-refractivity contribution is -0.725. The predicted molar refractivity (Wildman–Crippen MR) is 74.2 cm³/mol. The van der Waals surface area contributed by atoms with Crippen molar-refractivity contribution in [2.45, 2.75) is 39.2 Å². The summed E-state index contributed by atoms with van der Waals surface area (Å²) in [5.41, 5.74) is 1.44. The fraction of sp³-hybridized carbons (Fsp3) is 0.438. The van der Waals surface area contributed by atoms with Gasteiger partial charge in [-0.1, -0.05) is 43.7 Å². The van der Waals surface area contributed by atoms with Gasteiger partial charge in [-0.05, 0) is 25.3 Å². The van der Waals surface area contributed by atoms with Crippen LogP contribution in [0, 0.1) is 5.92 Å². The van der Waals surface area contributed by atoms with E-state index in [9.17, 15) is 0 Å². The Morgan fingerprint density at radius 2 is 2.00 bits per heavy atom. The number of rotatable bonds is 6. The van der Waals surface area contributed by atoms with Gasteiger partial charge in [0.15, 0.2) is 0 Å². The van der Waals surface area contributed by atoms with Gasteiger partial charge in [0.05, 0.1) is 0 Å². The highest BCUT2D eigenvalue weighted by Gasteiger charge is 2.21. The third kappa shape index (κ3) is 3.22. The first-order valence-electron chi connectivity index (χ1n) is 6.88. The molecule has 0 spiro atoms.